The van der Waals surface area contributed by atoms with Crippen molar-refractivity contribution < 1.29 is 8.76 Å². The van der Waals surface area contributed by atoms with Gasteiger partial charge in [0.05, 0.1) is 0 Å². The minimum Gasteiger partial charge on any atom is -0.294 e. The molecule has 0 fully saturated rings. The molecule has 86 valence electrons. The van der Waals surface area contributed by atoms with Gasteiger partial charge in [0.2, 0.25) is 11.3 Å². The zero-order valence-corrected chi connectivity index (χ0v) is 10.1. The summed E-state index contributed by atoms with van der Waals surface area (Å²) in [4.78, 5) is 0. The topological polar surface area (TPSA) is 49.3 Å². The van der Waals surface area contributed by atoms with E-state index in [1.165, 1.54) is 32.1 Å². The van der Waals surface area contributed by atoms with Gasteiger partial charge in [0.1, 0.15) is 0 Å². The molecule has 0 heterocycles. The van der Waals surface area contributed by atoms with Crippen LogP contribution in [0.4, 0.5) is 0 Å². The monoisotopic (exact) mass is 221 g/mol. The Labute approximate surface area is 90.1 Å². The molecule has 0 aromatic heterocycles. The third-order valence-corrected chi connectivity index (χ3v) is 2.90. The van der Waals surface area contributed by atoms with E-state index in [0.29, 0.717) is 0 Å². The molecule has 0 radical (unpaired) electrons. The van der Waals surface area contributed by atoms with Gasteiger partial charge >= 0.3 is 0 Å². The first-order chi connectivity index (χ1) is 6.66. The second-order valence-corrected chi connectivity index (χ2v) is 4.56. The molecule has 0 spiro atoms. The minimum absolute atomic E-state index is 0.145. The highest BCUT2D eigenvalue weighted by atomic mass is 32.2. The lowest BCUT2D eigenvalue weighted by Crippen LogP contribution is -2.27. The van der Waals surface area contributed by atoms with Crippen molar-refractivity contribution in [3.8, 4) is 0 Å². The quantitative estimate of drug-likeness (QED) is 0.464. The number of hydrogen-bond donors (Lipinski definition) is 2. The molecule has 14 heavy (non-hydrogen) atoms. The summed E-state index contributed by atoms with van der Waals surface area (Å²) in [6.45, 7) is 4.16. The van der Waals surface area contributed by atoms with Crippen LogP contribution in [0.15, 0.2) is 0 Å². The molecule has 2 unspecified atom stereocenters. The summed E-state index contributed by atoms with van der Waals surface area (Å²) >= 11 is -1.86. The first kappa shape index (κ1) is 14.1. The highest BCUT2D eigenvalue weighted by Gasteiger charge is 2.03. The van der Waals surface area contributed by atoms with Crippen LogP contribution < -0.4 is 4.72 Å². The largest absolute Gasteiger partial charge is 0.294 e. The summed E-state index contributed by atoms with van der Waals surface area (Å²) < 4.78 is 21.5. The predicted molar refractivity (Wildman–Crippen MR) is 61.4 cm³/mol. The van der Waals surface area contributed by atoms with E-state index in [-0.39, 0.29) is 6.04 Å². The molecule has 0 aliphatic carbocycles. The molecule has 0 saturated carbocycles. The van der Waals surface area contributed by atoms with E-state index < -0.39 is 11.3 Å². The summed E-state index contributed by atoms with van der Waals surface area (Å²) in [5, 5.41) is 0. The number of hydrogen-bond acceptors (Lipinski definition) is 1. The van der Waals surface area contributed by atoms with Gasteiger partial charge in [-0.2, -0.15) is 0 Å². The maximum absolute atomic E-state index is 10.4. The Morgan fingerprint density at radius 1 is 1.21 bits per heavy atom. The van der Waals surface area contributed by atoms with Crippen molar-refractivity contribution in [2.24, 2.45) is 0 Å². The van der Waals surface area contributed by atoms with E-state index >= 15 is 0 Å². The van der Waals surface area contributed by atoms with Crippen molar-refractivity contribution >= 4 is 11.3 Å². The Morgan fingerprint density at radius 2 is 1.79 bits per heavy atom. The molecule has 0 amide bonds. The Balaban J connectivity index is 3.14. The molecule has 0 aliphatic heterocycles. The van der Waals surface area contributed by atoms with Crippen LogP contribution >= 0.6 is 0 Å². The van der Waals surface area contributed by atoms with Crippen LogP contribution in [0.2, 0.25) is 0 Å². The first-order valence-electron chi connectivity index (χ1n) is 5.53. The lowest BCUT2D eigenvalue weighted by molar-refractivity contribution is 0.501. The van der Waals surface area contributed by atoms with Crippen LogP contribution in [0.1, 0.15) is 58.8 Å². The van der Waals surface area contributed by atoms with E-state index in [0.717, 1.165) is 12.8 Å². The van der Waals surface area contributed by atoms with E-state index in [9.17, 15) is 4.21 Å². The van der Waals surface area contributed by atoms with E-state index in [1.54, 1.807) is 0 Å². The molecule has 4 heteroatoms. The first-order valence-corrected chi connectivity index (χ1v) is 6.64. The van der Waals surface area contributed by atoms with Crippen LogP contribution in [-0.2, 0) is 11.3 Å². The van der Waals surface area contributed by atoms with Crippen molar-refractivity contribution in [2.45, 2.75) is 64.8 Å². The molecular weight excluding hydrogens is 198 g/mol. The number of unbranched alkanes of at least 4 members (excludes halogenated alkanes) is 5. The minimum atomic E-state index is -1.86. The Bertz CT molecular complexity index is 153. The highest BCUT2D eigenvalue weighted by molar-refractivity contribution is 7.77. The van der Waals surface area contributed by atoms with Crippen molar-refractivity contribution in [1.29, 1.82) is 0 Å². The van der Waals surface area contributed by atoms with Crippen molar-refractivity contribution in [1.82, 2.24) is 4.72 Å². The summed E-state index contributed by atoms with van der Waals surface area (Å²) in [7, 11) is 0. The summed E-state index contributed by atoms with van der Waals surface area (Å²) in [6, 6.07) is 0.145. The summed E-state index contributed by atoms with van der Waals surface area (Å²) in [5.41, 5.74) is 0. The second kappa shape index (κ2) is 9.62. The van der Waals surface area contributed by atoms with Crippen LogP contribution in [0, 0.1) is 0 Å². The molecule has 2 atom stereocenters. The SMILES string of the molecule is CCCCCCCCC(C)NS(=O)O. The van der Waals surface area contributed by atoms with Crippen molar-refractivity contribution in [3.05, 3.63) is 0 Å². The Kier molecular flexibility index (Phi) is 9.67. The van der Waals surface area contributed by atoms with Gasteiger partial charge in [-0.1, -0.05) is 45.4 Å². The van der Waals surface area contributed by atoms with E-state index in [4.69, 9.17) is 4.55 Å². The average molecular weight is 221 g/mol. The zero-order valence-electron chi connectivity index (χ0n) is 9.29. The zero-order chi connectivity index (χ0) is 10.8. The van der Waals surface area contributed by atoms with E-state index in [1.807, 2.05) is 6.92 Å². The molecule has 3 nitrogen and oxygen atoms in total. The second-order valence-electron chi connectivity index (χ2n) is 3.82. The molecule has 0 aromatic rings. The normalized spacial score (nSPS) is 15.4. The smallest absolute Gasteiger partial charge is 0.231 e. The van der Waals surface area contributed by atoms with Crippen molar-refractivity contribution in [2.75, 3.05) is 0 Å². The van der Waals surface area contributed by atoms with Crippen LogP contribution in [-0.4, -0.2) is 14.8 Å². The van der Waals surface area contributed by atoms with Gasteiger partial charge in [0, 0.05) is 6.04 Å². The van der Waals surface area contributed by atoms with Gasteiger partial charge in [-0.3, -0.25) is 4.55 Å². The standard InChI is InChI=1S/C10H23NO2S/c1-3-4-5-6-7-8-9-10(2)11-14(12)13/h10-11H,3-9H2,1-2H3,(H,12,13). The third-order valence-electron chi connectivity index (χ3n) is 2.29. The van der Waals surface area contributed by atoms with E-state index in [2.05, 4.69) is 11.6 Å². The summed E-state index contributed by atoms with van der Waals surface area (Å²) in [6.07, 6.45) is 8.60. The van der Waals surface area contributed by atoms with Crippen LogP contribution in [0.3, 0.4) is 0 Å². The van der Waals surface area contributed by atoms with Gasteiger partial charge in [-0.25, -0.2) is 8.93 Å². The average Bonchev–Trinajstić information content (AvgIpc) is 2.10. The van der Waals surface area contributed by atoms with Crippen molar-refractivity contribution in [3.63, 3.8) is 0 Å². The Morgan fingerprint density at radius 3 is 2.36 bits per heavy atom. The van der Waals surface area contributed by atoms with Gasteiger partial charge in [0.15, 0.2) is 0 Å². The predicted octanol–water partition coefficient (Wildman–Crippen LogP) is 2.85. The number of nitrogens with one attached hydrogen (secondary N) is 1. The number of rotatable bonds is 9. The molecule has 2 N–H and O–H groups in total. The maximum Gasteiger partial charge on any atom is 0.231 e. The molecule has 0 aromatic carbocycles. The molecule has 0 rings (SSSR count). The van der Waals surface area contributed by atoms with Gasteiger partial charge in [-0.05, 0) is 13.3 Å². The molecular formula is C10H23NO2S. The van der Waals surface area contributed by atoms with Gasteiger partial charge in [0.25, 0.3) is 0 Å². The summed E-state index contributed by atoms with van der Waals surface area (Å²) in [5.74, 6) is 0. The van der Waals surface area contributed by atoms with Gasteiger partial charge < -0.3 is 0 Å². The third kappa shape index (κ3) is 10.2. The highest BCUT2D eigenvalue weighted by Crippen LogP contribution is 2.08. The molecule has 0 aliphatic rings. The van der Waals surface area contributed by atoms with Crippen LogP contribution in [0.25, 0.3) is 0 Å². The van der Waals surface area contributed by atoms with Crippen LogP contribution in [0.5, 0.6) is 0 Å². The lowest BCUT2D eigenvalue weighted by atomic mass is 10.1. The lowest BCUT2D eigenvalue weighted by Gasteiger charge is -2.09. The molecule has 0 saturated heterocycles. The maximum atomic E-state index is 10.4. The fourth-order valence-corrected chi connectivity index (χ4v) is 1.92. The fraction of sp³-hybridized carbons (Fsp3) is 1.00. The Hall–Kier alpha value is 0.0700. The fourth-order valence-electron chi connectivity index (χ4n) is 1.46. The van der Waals surface area contributed by atoms with Gasteiger partial charge in [-0.15, -0.1) is 0 Å². The molecule has 0 bridgehead atoms.